The summed E-state index contributed by atoms with van der Waals surface area (Å²) in [5, 5.41) is 14.0. The predicted octanol–water partition coefficient (Wildman–Crippen LogP) is 1.49. The third kappa shape index (κ3) is 6.41. The zero-order valence-electron chi connectivity index (χ0n) is 14.8. The molecule has 0 saturated carbocycles. The lowest BCUT2D eigenvalue weighted by molar-refractivity contribution is -0.131. The molecule has 140 valence electrons. The Bertz CT molecular complexity index is 846. The van der Waals surface area contributed by atoms with Gasteiger partial charge in [0.25, 0.3) is 11.8 Å². The van der Waals surface area contributed by atoms with Crippen LogP contribution in [0, 0.1) is 0 Å². The van der Waals surface area contributed by atoms with Crippen molar-refractivity contribution < 1.29 is 24.2 Å². The second-order valence-electron chi connectivity index (χ2n) is 5.52. The van der Waals surface area contributed by atoms with E-state index >= 15 is 0 Å². The number of rotatable bonds is 7. The van der Waals surface area contributed by atoms with E-state index in [4.69, 9.17) is 9.84 Å². The van der Waals surface area contributed by atoms with Crippen molar-refractivity contribution in [3.8, 4) is 5.75 Å². The quantitative estimate of drug-likeness (QED) is 0.390. The molecule has 2 rings (SSSR count). The van der Waals surface area contributed by atoms with E-state index in [1.54, 1.807) is 54.6 Å². The van der Waals surface area contributed by atoms with Gasteiger partial charge < -0.3 is 20.5 Å². The number of benzene rings is 2. The Morgan fingerprint density at radius 1 is 1.07 bits per heavy atom. The fourth-order valence-electron chi connectivity index (χ4n) is 2.21. The van der Waals surface area contributed by atoms with E-state index in [1.165, 1.54) is 13.0 Å². The number of carbonyl (C=O) groups is 3. The second-order valence-corrected chi connectivity index (χ2v) is 5.52. The monoisotopic (exact) mass is 368 g/mol. The molecule has 7 nitrogen and oxygen atoms in total. The van der Waals surface area contributed by atoms with Crippen LogP contribution in [0.4, 0.5) is 0 Å². The summed E-state index contributed by atoms with van der Waals surface area (Å²) in [6.07, 6.45) is 1.46. The summed E-state index contributed by atoms with van der Waals surface area (Å²) in [6, 6.07) is 15.0. The lowest BCUT2D eigenvalue weighted by Gasteiger charge is -2.11. The summed E-state index contributed by atoms with van der Waals surface area (Å²) < 4.78 is 5.02. The highest BCUT2D eigenvalue weighted by Crippen LogP contribution is 2.16. The highest BCUT2D eigenvalue weighted by atomic mass is 16.5. The number of nitrogens with one attached hydrogen (secondary N) is 2. The van der Waals surface area contributed by atoms with Crippen molar-refractivity contribution in [2.75, 3.05) is 13.2 Å². The highest BCUT2D eigenvalue weighted by molar-refractivity contribution is 6.05. The van der Waals surface area contributed by atoms with Crippen LogP contribution < -0.4 is 15.4 Å². The summed E-state index contributed by atoms with van der Waals surface area (Å²) >= 11 is 0. The molecule has 2 aromatic rings. The van der Waals surface area contributed by atoms with Crippen LogP contribution in [-0.2, 0) is 9.59 Å². The van der Waals surface area contributed by atoms with Crippen molar-refractivity contribution in [1.29, 1.82) is 0 Å². The molecular formula is C20H20N2O5. The molecule has 0 radical (unpaired) electrons. The SMILES string of the molecule is CC(=O)Oc1cccc(C=C(NC(=O)c2ccccc2)C(=O)NCCO)c1. The Hall–Kier alpha value is -3.45. The highest BCUT2D eigenvalue weighted by Gasteiger charge is 2.14. The summed E-state index contributed by atoms with van der Waals surface area (Å²) in [5.41, 5.74) is 0.945. The lowest BCUT2D eigenvalue weighted by atomic mass is 10.1. The molecule has 0 aliphatic rings. The first kappa shape index (κ1) is 19.9. The first-order valence-corrected chi connectivity index (χ1v) is 8.25. The van der Waals surface area contributed by atoms with Crippen LogP contribution in [0.5, 0.6) is 5.75 Å². The van der Waals surface area contributed by atoms with Crippen LogP contribution in [0.2, 0.25) is 0 Å². The molecule has 0 atom stereocenters. The van der Waals surface area contributed by atoms with E-state index in [0.29, 0.717) is 16.9 Å². The molecule has 0 spiro atoms. The number of ether oxygens (including phenoxy) is 1. The van der Waals surface area contributed by atoms with Gasteiger partial charge in [0.2, 0.25) is 0 Å². The maximum atomic E-state index is 12.4. The Morgan fingerprint density at radius 3 is 2.48 bits per heavy atom. The normalized spacial score (nSPS) is 10.8. The van der Waals surface area contributed by atoms with Crippen molar-refractivity contribution in [3.63, 3.8) is 0 Å². The Labute approximate surface area is 156 Å². The number of hydrogen-bond acceptors (Lipinski definition) is 5. The van der Waals surface area contributed by atoms with Gasteiger partial charge in [0.15, 0.2) is 0 Å². The number of hydrogen-bond donors (Lipinski definition) is 3. The molecule has 0 heterocycles. The molecule has 0 saturated heterocycles. The van der Waals surface area contributed by atoms with E-state index in [9.17, 15) is 14.4 Å². The average Bonchev–Trinajstić information content (AvgIpc) is 2.66. The predicted molar refractivity (Wildman–Crippen MR) is 99.7 cm³/mol. The van der Waals surface area contributed by atoms with Crippen molar-refractivity contribution >= 4 is 23.9 Å². The molecule has 0 fully saturated rings. The minimum Gasteiger partial charge on any atom is -0.427 e. The van der Waals surface area contributed by atoms with Gasteiger partial charge in [-0.05, 0) is 35.9 Å². The van der Waals surface area contributed by atoms with Gasteiger partial charge in [0.1, 0.15) is 11.4 Å². The van der Waals surface area contributed by atoms with Crippen LogP contribution in [0.1, 0.15) is 22.8 Å². The van der Waals surface area contributed by atoms with Crippen LogP contribution in [0.25, 0.3) is 6.08 Å². The first-order valence-electron chi connectivity index (χ1n) is 8.25. The van der Waals surface area contributed by atoms with Crippen molar-refractivity contribution in [2.24, 2.45) is 0 Å². The van der Waals surface area contributed by atoms with Gasteiger partial charge in [-0.25, -0.2) is 0 Å². The standard InChI is InChI=1S/C20H20N2O5/c1-14(24)27-17-9-5-6-15(12-17)13-18(20(26)21-10-11-23)22-19(25)16-7-3-2-4-8-16/h2-9,12-13,23H,10-11H2,1H3,(H,21,26)(H,22,25). The second kappa shape index (κ2) is 9.88. The third-order valence-corrected chi connectivity index (χ3v) is 3.36. The average molecular weight is 368 g/mol. The van der Waals surface area contributed by atoms with E-state index < -0.39 is 17.8 Å². The number of carbonyl (C=O) groups excluding carboxylic acids is 3. The van der Waals surface area contributed by atoms with E-state index in [1.807, 2.05) is 0 Å². The van der Waals surface area contributed by atoms with Crippen molar-refractivity contribution in [3.05, 3.63) is 71.4 Å². The van der Waals surface area contributed by atoms with E-state index in [2.05, 4.69) is 10.6 Å². The number of aliphatic hydroxyl groups excluding tert-OH is 1. The largest absolute Gasteiger partial charge is 0.427 e. The molecule has 3 N–H and O–H groups in total. The molecule has 2 amide bonds. The van der Waals surface area contributed by atoms with Crippen molar-refractivity contribution in [1.82, 2.24) is 10.6 Å². The lowest BCUT2D eigenvalue weighted by Crippen LogP contribution is -2.36. The Balaban J connectivity index is 2.28. The zero-order valence-corrected chi connectivity index (χ0v) is 14.8. The molecular weight excluding hydrogens is 348 g/mol. The molecule has 0 aromatic heterocycles. The topological polar surface area (TPSA) is 105 Å². The van der Waals surface area contributed by atoms with Crippen LogP contribution in [0.3, 0.4) is 0 Å². The first-order chi connectivity index (χ1) is 13.0. The van der Waals surface area contributed by atoms with Gasteiger partial charge in [-0.2, -0.15) is 0 Å². The molecule has 27 heavy (non-hydrogen) atoms. The molecule has 0 aliphatic carbocycles. The summed E-state index contributed by atoms with van der Waals surface area (Å²) in [5.74, 6) is -1.14. The fraction of sp³-hybridized carbons (Fsp3) is 0.150. The molecule has 0 unspecified atom stereocenters. The smallest absolute Gasteiger partial charge is 0.308 e. The summed E-state index contributed by atoms with van der Waals surface area (Å²) in [6.45, 7) is 1.11. The maximum Gasteiger partial charge on any atom is 0.308 e. The summed E-state index contributed by atoms with van der Waals surface area (Å²) in [7, 11) is 0. The van der Waals surface area contributed by atoms with E-state index in [-0.39, 0.29) is 18.8 Å². The van der Waals surface area contributed by atoms with Crippen molar-refractivity contribution in [2.45, 2.75) is 6.92 Å². The van der Waals surface area contributed by atoms with Gasteiger partial charge in [0.05, 0.1) is 6.61 Å². The minimum absolute atomic E-state index is 0.00252. The van der Waals surface area contributed by atoms with Gasteiger partial charge in [0, 0.05) is 19.0 Å². The van der Waals surface area contributed by atoms with Crippen LogP contribution >= 0.6 is 0 Å². The molecule has 7 heteroatoms. The van der Waals surface area contributed by atoms with Crippen LogP contribution in [-0.4, -0.2) is 36.0 Å². The van der Waals surface area contributed by atoms with Gasteiger partial charge in [-0.3, -0.25) is 14.4 Å². The zero-order chi connectivity index (χ0) is 19.6. The maximum absolute atomic E-state index is 12.4. The number of aliphatic hydroxyl groups is 1. The van der Waals surface area contributed by atoms with E-state index in [0.717, 1.165) is 0 Å². The fourth-order valence-corrected chi connectivity index (χ4v) is 2.21. The minimum atomic E-state index is -0.550. The van der Waals surface area contributed by atoms with Crippen LogP contribution in [0.15, 0.2) is 60.3 Å². The third-order valence-electron chi connectivity index (χ3n) is 3.36. The molecule has 0 bridgehead atoms. The van der Waals surface area contributed by atoms with Gasteiger partial charge in [-0.15, -0.1) is 0 Å². The van der Waals surface area contributed by atoms with Gasteiger partial charge >= 0.3 is 5.97 Å². The Kier molecular flexibility index (Phi) is 7.27. The Morgan fingerprint density at radius 2 is 1.81 bits per heavy atom. The number of amides is 2. The number of esters is 1. The summed E-state index contributed by atoms with van der Waals surface area (Å²) in [4.78, 5) is 35.8. The van der Waals surface area contributed by atoms with Gasteiger partial charge in [-0.1, -0.05) is 30.3 Å². The molecule has 0 aliphatic heterocycles. The molecule has 2 aromatic carbocycles.